The maximum atomic E-state index is 13.8. The van der Waals surface area contributed by atoms with E-state index in [9.17, 15) is 9.18 Å². The van der Waals surface area contributed by atoms with Crippen LogP contribution in [0, 0.1) is 5.82 Å². The van der Waals surface area contributed by atoms with Gasteiger partial charge in [-0.15, -0.1) is 0 Å². The van der Waals surface area contributed by atoms with Crippen molar-refractivity contribution in [1.82, 2.24) is 4.90 Å². The minimum absolute atomic E-state index is 0.0909. The third-order valence-corrected chi connectivity index (χ3v) is 4.83. The zero-order chi connectivity index (χ0) is 19.2. The third kappa shape index (κ3) is 5.43. The molecule has 0 bridgehead atoms. The standard InChI is InChI=1S/C20H22BrFN2O3/c1-2-24(12-15-13-26-18-5-3-4-6-19(18)27-15)10-9-20(25)23-17-8-7-14(21)11-16(17)22/h3-8,11,15H,2,9-10,12-13H2,1H3,(H,23,25). The highest BCUT2D eigenvalue weighted by Crippen LogP contribution is 2.31. The molecule has 3 rings (SSSR count). The molecule has 2 aromatic rings. The summed E-state index contributed by atoms with van der Waals surface area (Å²) >= 11 is 3.20. The van der Waals surface area contributed by atoms with Crippen LogP contribution in [0.3, 0.4) is 0 Å². The summed E-state index contributed by atoms with van der Waals surface area (Å²) in [6, 6.07) is 12.1. The molecular formula is C20H22BrFN2O3. The summed E-state index contributed by atoms with van der Waals surface area (Å²) in [6.07, 6.45) is 0.180. The summed E-state index contributed by atoms with van der Waals surface area (Å²) in [4.78, 5) is 14.3. The number of carbonyl (C=O) groups is 1. The number of hydrogen-bond acceptors (Lipinski definition) is 4. The van der Waals surface area contributed by atoms with Gasteiger partial charge in [0.2, 0.25) is 5.91 Å². The molecular weight excluding hydrogens is 415 g/mol. The van der Waals surface area contributed by atoms with Crippen LogP contribution in [0.5, 0.6) is 11.5 Å². The van der Waals surface area contributed by atoms with Crippen molar-refractivity contribution in [1.29, 1.82) is 0 Å². The number of ether oxygens (including phenoxy) is 2. The lowest BCUT2D eigenvalue weighted by Crippen LogP contribution is -2.41. The zero-order valence-corrected chi connectivity index (χ0v) is 16.7. The molecule has 2 aromatic carbocycles. The third-order valence-electron chi connectivity index (χ3n) is 4.34. The van der Waals surface area contributed by atoms with E-state index in [0.717, 1.165) is 18.0 Å². The Labute approximate surface area is 166 Å². The predicted octanol–water partition coefficient (Wildman–Crippen LogP) is 4.08. The Morgan fingerprint density at radius 2 is 2.07 bits per heavy atom. The van der Waals surface area contributed by atoms with Crippen molar-refractivity contribution in [2.24, 2.45) is 0 Å². The van der Waals surface area contributed by atoms with Crippen LogP contribution in [0.25, 0.3) is 0 Å². The van der Waals surface area contributed by atoms with Crippen LogP contribution in [-0.2, 0) is 4.79 Å². The molecule has 144 valence electrons. The summed E-state index contributed by atoms with van der Waals surface area (Å²) in [5, 5.41) is 2.62. The van der Waals surface area contributed by atoms with E-state index in [2.05, 4.69) is 26.1 Å². The number of likely N-dealkylation sites (N-methyl/N-ethyl adjacent to an activating group) is 1. The van der Waals surface area contributed by atoms with Crippen LogP contribution in [0.1, 0.15) is 13.3 Å². The van der Waals surface area contributed by atoms with Crippen LogP contribution < -0.4 is 14.8 Å². The molecule has 0 aliphatic carbocycles. The monoisotopic (exact) mass is 436 g/mol. The highest BCUT2D eigenvalue weighted by molar-refractivity contribution is 9.10. The lowest BCUT2D eigenvalue weighted by atomic mass is 10.2. The van der Waals surface area contributed by atoms with Crippen molar-refractivity contribution < 1.29 is 18.7 Å². The van der Waals surface area contributed by atoms with Gasteiger partial charge in [-0.05, 0) is 36.9 Å². The number of hydrogen-bond donors (Lipinski definition) is 1. The number of anilines is 1. The van der Waals surface area contributed by atoms with Crippen molar-refractivity contribution in [3.8, 4) is 11.5 Å². The quantitative estimate of drug-likeness (QED) is 0.710. The van der Waals surface area contributed by atoms with E-state index in [4.69, 9.17) is 9.47 Å². The van der Waals surface area contributed by atoms with E-state index in [-0.39, 0.29) is 24.1 Å². The molecule has 1 unspecified atom stereocenters. The Hall–Kier alpha value is -2.12. The Balaban J connectivity index is 1.48. The highest BCUT2D eigenvalue weighted by atomic mass is 79.9. The van der Waals surface area contributed by atoms with Gasteiger partial charge in [0.05, 0.1) is 5.69 Å². The van der Waals surface area contributed by atoms with Crippen LogP contribution in [-0.4, -0.2) is 43.2 Å². The number of fused-ring (bicyclic) bond motifs is 1. The second kappa shape index (κ2) is 9.19. The van der Waals surface area contributed by atoms with Gasteiger partial charge in [0.15, 0.2) is 11.5 Å². The highest BCUT2D eigenvalue weighted by Gasteiger charge is 2.22. The lowest BCUT2D eigenvalue weighted by molar-refractivity contribution is -0.116. The van der Waals surface area contributed by atoms with Crippen LogP contribution >= 0.6 is 15.9 Å². The van der Waals surface area contributed by atoms with Crippen molar-refractivity contribution in [2.75, 3.05) is 31.6 Å². The first-order valence-electron chi connectivity index (χ1n) is 8.91. The molecule has 5 nitrogen and oxygen atoms in total. The van der Waals surface area contributed by atoms with E-state index in [1.807, 2.05) is 31.2 Å². The molecule has 1 heterocycles. The molecule has 1 aliphatic heterocycles. The summed E-state index contributed by atoms with van der Waals surface area (Å²) < 4.78 is 26.2. The molecule has 0 saturated heterocycles. The molecule has 0 saturated carbocycles. The SMILES string of the molecule is CCN(CCC(=O)Nc1ccc(Br)cc1F)CC1COc2ccccc2O1. The molecule has 27 heavy (non-hydrogen) atoms. The summed E-state index contributed by atoms with van der Waals surface area (Å²) in [6.45, 7) is 4.50. The number of halogens is 2. The lowest BCUT2D eigenvalue weighted by Gasteiger charge is -2.30. The molecule has 0 fully saturated rings. The fraction of sp³-hybridized carbons (Fsp3) is 0.350. The van der Waals surface area contributed by atoms with E-state index >= 15 is 0 Å². The van der Waals surface area contributed by atoms with E-state index in [1.54, 1.807) is 12.1 Å². The Morgan fingerprint density at radius 3 is 2.81 bits per heavy atom. The smallest absolute Gasteiger partial charge is 0.225 e. The van der Waals surface area contributed by atoms with Gasteiger partial charge in [0.25, 0.3) is 0 Å². The number of benzene rings is 2. The van der Waals surface area contributed by atoms with Gasteiger partial charge in [-0.3, -0.25) is 9.69 Å². The van der Waals surface area contributed by atoms with Gasteiger partial charge in [-0.1, -0.05) is 35.0 Å². The van der Waals surface area contributed by atoms with Gasteiger partial charge in [-0.25, -0.2) is 4.39 Å². The van der Waals surface area contributed by atoms with Crippen molar-refractivity contribution in [3.05, 3.63) is 52.8 Å². The number of para-hydroxylation sites is 2. The van der Waals surface area contributed by atoms with E-state index in [0.29, 0.717) is 24.2 Å². The van der Waals surface area contributed by atoms with E-state index in [1.165, 1.54) is 6.07 Å². The number of amides is 1. The van der Waals surface area contributed by atoms with Gasteiger partial charge in [0, 0.05) is 24.0 Å². The van der Waals surface area contributed by atoms with Crippen molar-refractivity contribution in [3.63, 3.8) is 0 Å². The van der Waals surface area contributed by atoms with Gasteiger partial charge < -0.3 is 14.8 Å². The zero-order valence-electron chi connectivity index (χ0n) is 15.1. The minimum atomic E-state index is -0.462. The van der Waals surface area contributed by atoms with Gasteiger partial charge >= 0.3 is 0 Å². The second-order valence-electron chi connectivity index (χ2n) is 6.31. The normalized spacial score (nSPS) is 15.6. The van der Waals surface area contributed by atoms with Gasteiger partial charge in [-0.2, -0.15) is 0 Å². The van der Waals surface area contributed by atoms with Crippen molar-refractivity contribution >= 4 is 27.5 Å². The first-order valence-corrected chi connectivity index (χ1v) is 9.70. The number of nitrogens with one attached hydrogen (secondary N) is 1. The Bertz CT molecular complexity index is 803. The molecule has 1 N–H and O–H groups in total. The largest absolute Gasteiger partial charge is 0.486 e. The fourth-order valence-corrected chi connectivity index (χ4v) is 3.22. The summed E-state index contributed by atoms with van der Waals surface area (Å²) in [5.41, 5.74) is 0.187. The molecule has 7 heteroatoms. The molecule has 1 aliphatic rings. The predicted molar refractivity (Wildman–Crippen MR) is 106 cm³/mol. The average molecular weight is 437 g/mol. The molecule has 1 atom stereocenters. The molecule has 1 amide bonds. The van der Waals surface area contributed by atoms with E-state index < -0.39 is 5.82 Å². The minimum Gasteiger partial charge on any atom is -0.486 e. The number of rotatable bonds is 7. The summed E-state index contributed by atoms with van der Waals surface area (Å²) in [5.74, 6) is 0.818. The molecule has 0 radical (unpaired) electrons. The van der Waals surface area contributed by atoms with Crippen LogP contribution in [0.4, 0.5) is 10.1 Å². The van der Waals surface area contributed by atoms with Gasteiger partial charge in [0.1, 0.15) is 18.5 Å². The second-order valence-corrected chi connectivity index (χ2v) is 7.23. The Morgan fingerprint density at radius 1 is 1.30 bits per heavy atom. The van der Waals surface area contributed by atoms with Crippen LogP contribution in [0.2, 0.25) is 0 Å². The number of carbonyl (C=O) groups excluding carboxylic acids is 1. The maximum Gasteiger partial charge on any atom is 0.225 e. The summed E-state index contributed by atoms with van der Waals surface area (Å²) in [7, 11) is 0. The molecule has 0 spiro atoms. The first-order chi connectivity index (χ1) is 13.0. The maximum absolute atomic E-state index is 13.8. The first kappa shape index (κ1) is 19.6. The topological polar surface area (TPSA) is 50.8 Å². The van der Waals surface area contributed by atoms with Crippen molar-refractivity contribution in [2.45, 2.75) is 19.4 Å². The van der Waals surface area contributed by atoms with Crippen LogP contribution in [0.15, 0.2) is 46.9 Å². The average Bonchev–Trinajstić information content (AvgIpc) is 2.67. The Kier molecular flexibility index (Phi) is 6.68. The molecule has 0 aromatic heterocycles. The number of nitrogens with zero attached hydrogens (tertiary/aromatic N) is 1. The fourth-order valence-electron chi connectivity index (χ4n) is 2.88.